The third-order valence-electron chi connectivity index (χ3n) is 8.20. The summed E-state index contributed by atoms with van der Waals surface area (Å²) in [4.78, 5) is 30.8. The Morgan fingerprint density at radius 3 is 2.69 bits per heavy atom. The molecule has 1 aromatic carbocycles. The second kappa shape index (κ2) is 8.30. The number of aromatic nitrogens is 2. The summed E-state index contributed by atoms with van der Waals surface area (Å²) in [5.74, 6) is -0.356. The Morgan fingerprint density at radius 1 is 1.25 bits per heavy atom. The third-order valence-corrected chi connectivity index (χ3v) is 8.20. The zero-order chi connectivity index (χ0) is 26.0. The fourth-order valence-corrected chi connectivity index (χ4v) is 5.28. The molecule has 2 aliphatic heterocycles. The van der Waals surface area contributed by atoms with Gasteiger partial charge >= 0.3 is 5.97 Å². The van der Waals surface area contributed by atoms with Crippen LogP contribution in [0.25, 0.3) is 22.3 Å². The van der Waals surface area contributed by atoms with E-state index in [0.29, 0.717) is 29.1 Å². The van der Waals surface area contributed by atoms with Crippen molar-refractivity contribution in [3.63, 3.8) is 0 Å². The molecule has 5 rings (SSSR count). The predicted octanol–water partition coefficient (Wildman–Crippen LogP) is 4.71. The number of hydrogen-bond donors (Lipinski definition) is 2. The first-order chi connectivity index (χ1) is 16.9. The Morgan fingerprint density at radius 2 is 2.00 bits per heavy atom. The summed E-state index contributed by atoms with van der Waals surface area (Å²) in [6, 6.07) is 6.95. The van der Waals surface area contributed by atoms with E-state index in [1.165, 1.54) is 0 Å². The van der Waals surface area contributed by atoms with E-state index in [1.54, 1.807) is 29.7 Å². The van der Waals surface area contributed by atoms with Crippen LogP contribution in [0.5, 0.6) is 5.75 Å². The number of aryl methyl sites for hydroxylation is 1. The first-order valence-electron chi connectivity index (χ1n) is 12.4. The van der Waals surface area contributed by atoms with Crippen molar-refractivity contribution in [1.82, 2.24) is 9.55 Å². The van der Waals surface area contributed by atoms with Crippen LogP contribution >= 0.6 is 0 Å². The molecule has 1 unspecified atom stereocenters. The first kappa shape index (κ1) is 24.3. The Hall–Kier alpha value is -3.45. The van der Waals surface area contributed by atoms with Crippen molar-refractivity contribution in [1.29, 1.82) is 0 Å². The molecule has 7 nitrogen and oxygen atoms in total. The molecule has 2 aliphatic rings. The lowest BCUT2D eigenvalue weighted by Gasteiger charge is -2.26. The van der Waals surface area contributed by atoms with Gasteiger partial charge in [-0.1, -0.05) is 32.9 Å². The van der Waals surface area contributed by atoms with Gasteiger partial charge < -0.3 is 19.5 Å². The van der Waals surface area contributed by atoms with Gasteiger partial charge in [0.05, 0.1) is 35.4 Å². The predicted molar refractivity (Wildman–Crippen MR) is 138 cm³/mol. The van der Waals surface area contributed by atoms with Crippen LogP contribution in [0.3, 0.4) is 0 Å². The first-order valence-corrected chi connectivity index (χ1v) is 12.4. The number of phenolic OH excluding ortho intramolecular Hbond substituents is 1. The molecule has 0 radical (unpaired) electrons. The minimum atomic E-state index is -1.47. The van der Waals surface area contributed by atoms with Crippen LogP contribution in [-0.2, 0) is 34.7 Å². The highest BCUT2D eigenvalue weighted by molar-refractivity contribution is 5.89. The molecule has 7 heteroatoms. The van der Waals surface area contributed by atoms with E-state index in [2.05, 4.69) is 20.4 Å². The van der Waals surface area contributed by atoms with Crippen LogP contribution < -0.4 is 5.56 Å². The highest BCUT2D eigenvalue weighted by Gasteiger charge is 2.39. The van der Waals surface area contributed by atoms with Gasteiger partial charge in [-0.3, -0.25) is 9.59 Å². The number of nitrogens with zero attached hydrogens (tertiary/aromatic N) is 2. The molecule has 0 saturated carbocycles. The highest BCUT2D eigenvalue weighted by atomic mass is 16.5. The number of ether oxygens (including phenoxy) is 1. The van der Waals surface area contributed by atoms with E-state index in [1.807, 2.05) is 13.0 Å². The molecule has 0 saturated heterocycles. The van der Waals surface area contributed by atoms with Crippen LogP contribution in [0.2, 0.25) is 0 Å². The Balaban J connectivity index is 1.74. The van der Waals surface area contributed by atoms with E-state index < -0.39 is 11.6 Å². The summed E-state index contributed by atoms with van der Waals surface area (Å²) in [7, 11) is 0. The van der Waals surface area contributed by atoms with Crippen molar-refractivity contribution < 1.29 is 19.7 Å². The Bertz CT molecular complexity index is 1500. The second-order valence-electron chi connectivity index (χ2n) is 10.8. The van der Waals surface area contributed by atoms with Crippen LogP contribution in [0.4, 0.5) is 0 Å². The number of fused-ring (bicyclic) bond motifs is 5. The smallest absolute Gasteiger partial charge is 0.309 e. The van der Waals surface area contributed by atoms with E-state index in [0.717, 1.165) is 40.4 Å². The lowest BCUT2D eigenvalue weighted by atomic mass is 9.79. The Labute approximate surface area is 210 Å². The topological polar surface area (TPSA) is 102 Å². The average Bonchev–Trinajstić information content (AvgIpc) is 3.13. The van der Waals surface area contributed by atoms with Gasteiger partial charge in [0.25, 0.3) is 5.56 Å². The molecule has 4 heterocycles. The summed E-state index contributed by atoms with van der Waals surface area (Å²) >= 11 is 0. The number of esters is 1. The van der Waals surface area contributed by atoms with Crippen LogP contribution in [0.1, 0.15) is 69.2 Å². The van der Waals surface area contributed by atoms with Gasteiger partial charge in [-0.25, -0.2) is 4.98 Å². The molecular weight excluding hydrogens is 456 g/mol. The number of carbonyl (C=O) groups excluding carboxylic acids is 1. The summed E-state index contributed by atoms with van der Waals surface area (Å²) in [5.41, 5.74) is 4.07. The second-order valence-corrected chi connectivity index (χ2v) is 10.8. The number of phenols is 1. The maximum absolute atomic E-state index is 13.7. The molecule has 188 valence electrons. The maximum atomic E-state index is 13.7. The number of pyridine rings is 2. The lowest BCUT2D eigenvalue weighted by molar-refractivity contribution is -0.149. The largest absolute Gasteiger partial charge is 0.508 e. The SMILES string of the molecule is C=C(C)C(C)(C)CCc1c2c(nc3ccc(O)cc13)-c1cc3c(c(=O)n1C2)COC(=O)CC3(O)CC. The van der Waals surface area contributed by atoms with Crippen molar-refractivity contribution in [2.75, 3.05) is 0 Å². The van der Waals surface area contributed by atoms with Gasteiger partial charge in [-0.05, 0) is 67.0 Å². The normalized spacial score (nSPS) is 18.9. The average molecular weight is 489 g/mol. The summed E-state index contributed by atoms with van der Waals surface area (Å²) in [6.07, 6.45) is 1.65. The zero-order valence-corrected chi connectivity index (χ0v) is 21.3. The van der Waals surface area contributed by atoms with Crippen molar-refractivity contribution in [2.45, 2.75) is 72.1 Å². The number of rotatable bonds is 5. The molecular formula is C29H32N2O5. The summed E-state index contributed by atoms with van der Waals surface area (Å²) in [5, 5.41) is 22.5. The zero-order valence-electron chi connectivity index (χ0n) is 21.3. The number of benzene rings is 1. The van der Waals surface area contributed by atoms with Crippen LogP contribution in [-0.4, -0.2) is 25.7 Å². The molecule has 0 aliphatic carbocycles. The molecule has 2 aromatic heterocycles. The van der Waals surface area contributed by atoms with Crippen LogP contribution in [0, 0.1) is 5.41 Å². The van der Waals surface area contributed by atoms with Crippen molar-refractivity contribution in [3.05, 3.63) is 69.0 Å². The number of hydrogen-bond acceptors (Lipinski definition) is 6. The van der Waals surface area contributed by atoms with E-state index in [4.69, 9.17) is 9.72 Å². The quantitative estimate of drug-likeness (QED) is 0.312. The number of aliphatic hydroxyl groups is 1. The minimum Gasteiger partial charge on any atom is -0.508 e. The molecule has 36 heavy (non-hydrogen) atoms. The third kappa shape index (κ3) is 3.73. The molecule has 3 aromatic rings. The van der Waals surface area contributed by atoms with Gasteiger partial charge in [0.2, 0.25) is 0 Å². The fraction of sp³-hybridized carbons (Fsp3) is 0.414. The monoisotopic (exact) mass is 488 g/mol. The van der Waals surface area contributed by atoms with Gasteiger partial charge in [-0.15, -0.1) is 0 Å². The van der Waals surface area contributed by atoms with Gasteiger partial charge in [-0.2, -0.15) is 0 Å². The number of aromatic hydroxyl groups is 1. The molecule has 1 atom stereocenters. The molecule has 0 fully saturated rings. The number of carbonyl (C=O) groups is 1. The summed E-state index contributed by atoms with van der Waals surface area (Å²) < 4.78 is 6.94. The highest BCUT2D eigenvalue weighted by Crippen LogP contribution is 2.42. The van der Waals surface area contributed by atoms with Gasteiger partial charge in [0.15, 0.2) is 0 Å². The van der Waals surface area contributed by atoms with E-state index in [-0.39, 0.29) is 36.2 Å². The standard InChI is InChI=1S/C29H32N2O5/c1-6-29(35)13-25(33)36-15-21-22(29)12-24-26-20(14-31(24)27(21)34)18(9-10-28(4,5)16(2)3)19-11-17(32)7-8-23(19)30-26/h7-8,11-12,32,35H,2,6,9-10,13-15H2,1,3-5H3. The Kier molecular flexibility index (Phi) is 5.59. The van der Waals surface area contributed by atoms with Gasteiger partial charge in [0.1, 0.15) is 18.0 Å². The molecule has 2 N–H and O–H groups in total. The number of allylic oxidation sites excluding steroid dienone is 1. The van der Waals surface area contributed by atoms with E-state index >= 15 is 0 Å². The number of cyclic esters (lactones) is 1. The van der Waals surface area contributed by atoms with Crippen molar-refractivity contribution in [3.8, 4) is 17.1 Å². The molecule has 0 spiro atoms. The summed E-state index contributed by atoms with van der Waals surface area (Å²) in [6.45, 7) is 12.5. The lowest BCUT2D eigenvalue weighted by Crippen LogP contribution is -2.32. The fourth-order valence-electron chi connectivity index (χ4n) is 5.28. The minimum absolute atomic E-state index is 0.0829. The molecule has 0 bridgehead atoms. The van der Waals surface area contributed by atoms with Crippen molar-refractivity contribution in [2.24, 2.45) is 5.41 Å². The molecule has 0 amide bonds. The maximum Gasteiger partial charge on any atom is 0.309 e. The van der Waals surface area contributed by atoms with Gasteiger partial charge in [0, 0.05) is 10.9 Å². The van der Waals surface area contributed by atoms with E-state index in [9.17, 15) is 19.8 Å². The van der Waals surface area contributed by atoms with Crippen LogP contribution in [0.15, 0.2) is 41.2 Å². The van der Waals surface area contributed by atoms with Crippen molar-refractivity contribution >= 4 is 16.9 Å².